The standard InChI is InChI=1S/C10H22N2OS/c1-5-12-9(13)6-7-11-8-10(2,3)14-4/h11H,5-8H2,1-4H3,(H,12,13). The SMILES string of the molecule is CCNC(=O)CCNCC(C)(C)SC. The van der Waals surface area contributed by atoms with E-state index in [1.54, 1.807) is 0 Å². The van der Waals surface area contributed by atoms with Crippen LogP contribution in [0.5, 0.6) is 0 Å². The zero-order chi connectivity index (χ0) is 11.0. The average Bonchev–Trinajstić information content (AvgIpc) is 2.13. The van der Waals surface area contributed by atoms with E-state index in [2.05, 4.69) is 30.7 Å². The van der Waals surface area contributed by atoms with Crippen molar-refractivity contribution in [1.29, 1.82) is 0 Å². The highest BCUT2D eigenvalue weighted by Gasteiger charge is 2.14. The van der Waals surface area contributed by atoms with Gasteiger partial charge < -0.3 is 10.6 Å². The molecule has 0 aliphatic rings. The number of rotatable bonds is 7. The molecule has 0 aliphatic carbocycles. The topological polar surface area (TPSA) is 41.1 Å². The van der Waals surface area contributed by atoms with E-state index >= 15 is 0 Å². The van der Waals surface area contributed by atoms with Gasteiger partial charge in [-0.15, -0.1) is 0 Å². The molecule has 0 rings (SSSR count). The number of hydrogen-bond acceptors (Lipinski definition) is 3. The van der Waals surface area contributed by atoms with Gasteiger partial charge in [0.2, 0.25) is 5.91 Å². The molecule has 0 spiro atoms. The van der Waals surface area contributed by atoms with Crippen molar-refractivity contribution in [1.82, 2.24) is 10.6 Å². The molecule has 84 valence electrons. The zero-order valence-corrected chi connectivity index (χ0v) is 10.5. The van der Waals surface area contributed by atoms with Crippen molar-refractivity contribution in [3.8, 4) is 0 Å². The van der Waals surface area contributed by atoms with Gasteiger partial charge in [0.05, 0.1) is 0 Å². The van der Waals surface area contributed by atoms with E-state index < -0.39 is 0 Å². The molecular formula is C10H22N2OS. The molecule has 0 aromatic rings. The lowest BCUT2D eigenvalue weighted by atomic mass is 10.2. The maximum atomic E-state index is 11.1. The van der Waals surface area contributed by atoms with Gasteiger partial charge in [0, 0.05) is 30.8 Å². The molecule has 0 fully saturated rings. The van der Waals surface area contributed by atoms with Crippen LogP contribution in [0.15, 0.2) is 0 Å². The molecule has 0 atom stereocenters. The molecule has 0 saturated carbocycles. The Balaban J connectivity index is 3.42. The van der Waals surface area contributed by atoms with Crippen LogP contribution in [0.25, 0.3) is 0 Å². The Hall–Kier alpha value is -0.220. The van der Waals surface area contributed by atoms with Gasteiger partial charge in [0.15, 0.2) is 0 Å². The first kappa shape index (κ1) is 13.8. The lowest BCUT2D eigenvalue weighted by Crippen LogP contribution is -2.34. The number of thioether (sulfide) groups is 1. The molecule has 1 amide bonds. The van der Waals surface area contributed by atoms with Crippen LogP contribution in [-0.4, -0.2) is 36.5 Å². The Kier molecular flexibility index (Phi) is 7.01. The van der Waals surface area contributed by atoms with Crippen molar-refractivity contribution in [2.75, 3.05) is 25.9 Å². The molecule has 0 radical (unpaired) electrons. The van der Waals surface area contributed by atoms with Gasteiger partial charge in [0.1, 0.15) is 0 Å². The van der Waals surface area contributed by atoms with Crippen molar-refractivity contribution >= 4 is 17.7 Å². The minimum absolute atomic E-state index is 0.127. The Morgan fingerprint density at radius 2 is 2.07 bits per heavy atom. The van der Waals surface area contributed by atoms with E-state index in [1.807, 2.05) is 18.7 Å². The second-order valence-corrected chi connectivity index (χ2v) is 5.36. The van der Waals surface area contributed by atoms with Crippen LogP contribution in [0.1, 0.15) is 27.2 Å². The lowest BCUT2D eigenvalue weighted by molar-refractivity contribution is -0.120. The number of hydrogen-bond donors (Lipinski definition) is 2. The van der Waals surface area contributed by atoms with Crippen LogP contribution in [0.3, 0.4) is 0 Å². The first-order chi connectivity index (χ1) is 6.52. The molecule has 0 unspecified atom stereocenters. The predicted octanol–water partition coefficient (Wildman–Crippen LogP) is 1.24. The third kappa shape index (κ3) is 7.21. The minimum atomic E-state index is 0.127. The predicted molar refractivity (Wildman–Crippen MR) is 63.8 cm³/mol. The quantitative estimate of drug-likeness (QED) is 0.632. The fraction of sp³-hybridized carbons (Fsp3) is 0.900. The summed E-state index contributed by atoms with van der Waals surface area (Å²) in [5, 5.41) is 6.06. The molecule has 0 aromatic heterocycles. The van der Waals surface area contributed by atoms with E-state index in [4.69, 9.17) is 0 Å². The monoisotopic (exact) mass is 218 g/mol. The highest BCUT2D eigenvalue weighted by Crippen LogP contribution is 2.19. The molecule has 0 saturated heterocycles. The number of carbonyl (C=O) groups is 1. The Labute approximate surface area is 91.4 Å². The fourth-order valence-electron chi connectivity index (χ4n) is 0.949. The van der Waals surface area contributed by atoms with Crippen LogP contribution in [0.4, 0.5) is 0 Å². The molecule has 2 N–H and O–H groups in total. The van der Waals surface area contributed by atoms with Gasteiger partial charge in [0.25, 0.3) is 0 Å². The summed E-state index contributed by atoms with van der Waals surface area (Å²) in [5.74, 6) is 0.127. The fourth-order valence-corrected chi connectivity index (χ4v) is 1.20. The lowest BCUT2D eigenvalue weighted by Gasteiger charge is -2.22. The summed E-state index contributed by atoms with van der Waals surface area (Å²) in [6.07, 6.45) is 2.67. The second kappa shape index (κ2) is 7.12. The molecule has 3 nitrogen and oxygen atoms in total. The van der Waals surface area contributed by atoms with Crippen LogP contribution in [0.2, 0.25) is 0 Å². The second-order valence-electron chi connectivity index (χ2n) is 3.84. The maximum absolute atomic E-state index is 11.1. The average molecular weight is 218 g/mol. The molecule has 4 heteroatoms. The van der Waals surface area contributed by atoms with Crippen molar-refractivity contribution in [2.45, 2.75) is 31.9 Å². The zero-order valence-electron chi connectivity index (χ0n) is 9.64. The smallest absolute Gasteiger partial charge is 0.221 e. The number of nitrogens with one attached hydrogen (secondary N) is 2. The van der Waals surface area contributed by atoms with Gasteiger partial charge in [-0.25, -0.2) is 0 Å². The molecule has 0 aliphatic heterocycles. The summed E-state index contributed by atoms with van der Waals surface area (Å²) in [5.41, 5.74) is 0. The summed E-state index contributed by atoms with van der Waals surface area (Å²) >= 11 is 1.83. The van der Waals surface area contributed by atoms with Gasteiger partial charge in [-0.05, 0) is 27.0 Å². The number of amides is 1. The Morgan fingerprint density at radius 1 is 1.43 bits per heavy atom. The van der Waals surface area contributed by atoms with E-state index in [-0.39, 0.29) is 10.7 Å². The Morgan fingerprint density at radius 3 is 2.57 bits per heavy atom. The summed E-state index contributed by atoms with van der Waals surface area (Å²) in [6.45, 7) is 8.73. The maximum Gasteiger partial charge on any atom is 0.221 e. The van der Waals surface area contributed by atoms with Gasteiger partial charge >= 0.3 is 0 Å². The summed E-state index contributed by atoms with van der Waals surface area (Å²) < 4.78 is 0.251. The normalized spacial score (nSPS) is 11.4. The van der Waals surface area contributed by atoms with Crippen LogP contribution < -0.4 is 10.6 Å². The summed E-state index contributed by atoms with van der Waals surface area (Å²) in [7, 11) is 0. The first-order valence-electron chi connectivity index (χ1n) is 5.04. The van der Waals surface area contributed by atoms with Crippen molar-refractivity contribution in [2.24, 2.45) is 0 Å². The molecular weight excluding hydrogens is 196 g/mol. The minimum Gasteiger partial charge on any atom is -0.356 e. The summed E-state index contributed by atoms with van der Waals surface area (Å²) in [6, 6.07) is 0. The molecule has 0 aromatic carbocycles. The van der Waals surface area contributed by atoms with Crippen LogP contribution in [-0.2, 0) is 4.79 Å². The Bertz CT molecular complexity index is 172. The van der Waals surface area contributed by atoms with Crippen LogP contribution >= 0.6 is 11.8 Å². The third-order valence-corrected chi connectivity index (χ3v) is 3.26. The first-order valence-corrected chi connectivity index (χ1v) is 6.27. The van der Waals surface area contributed by atoms with Crippen molar-refractivity contribution < 1.29 is 4.79 Å². The molecule has 14 heavy (non-hydrogen) atoms. The van der Waals surface area contributed by atoms with Crippen molar-refractivity contribution in [3.05, 3.63) is 0 Å². The highest BCUT2D eigenvalue weighted by molar-refractivity contribution is 7.99. The van der Waals surface area contributed by atoms with Gasteiger partial charge in [-0.3, -0.25) is 4.79 Å². The van der Waals surface area contributed by atoms with E-state index in [1.165, 1.54) is 0 Å². The van der Waals surface area contributed by atoms with E-state index in [0.29, 0.717) is 6.42 Å². The number of carbonyl (C=O) groups excluding carboxylic acids is 1. The molecule has 0 heterocycles. The molecule has 0 bridgehead atoms. The highest BCUT2D eigenvalue weighted by atomic mass is 32.2. The summed E-state index contributed by atoms with van der Waals surface area (Å²) in [4.78, 5) is 11.1. The van der Waals surface area contributed by atoms with Gasteiger partial charge in [-0.2, -0.15) is 11.8 Å². The van der Waals surface area contributed by atoms with Crippen molar-refractivity contribution in [3.63, 3.8) is 0 Å². The van der Waals surface area contributed by atoms with Crippen LogP contribution in [0, 0.1) is 0 Å². The van der Waals surface area contributed by atoms with Gasteiger partial charge in [-0.1, -0.05) is 0 Å². The van der Waals surface area contributed by atoms with E-state index in [0.717, 1.165) is 19.6 Å². The third-order valence-electron chi connectivity index (χ3n) is 2.01. The largest absolute Gasteiger partial charge is 0.356 e. The van der Waals surface area contributed by atoms with E-state index in [9.17, 15) is 4.79 Å².